The minimum atomic E-state index is -3.88. The minimum Gasteiger partial charge on any atom is -0.325 e. The number of sulfonamides is 1. The van der Waals surface area contributed by atoms with Crippen molar-refractivity contribution in [2.24, 2.45) is 0 Å². The third-order valence-corrected chi connectivity index (χ3v) is 8.38. The number of nitrogens with zero attached hydrogens (tertiary/aromatic N) is 5. The Morgan fingerprint density at radius 2 is 1.63 bits per heavy atom. The fourth-order valence-corrected chi connectivity index (χ4v) is 5.96. The van der Waals surface area contributed by atoms with Crippen molar-refractivity contribution in [2.45, 2.75) is 23.9 Å². The second kappa shape index (κ2) is 12.1. The van der Waals surface area contributed by atoms with Crippen LogP contribution in [0.1, 0.15) is 11.5 Å². The number of para-hydroxylation sites is 1. The van der Waals surface area contributed by atoms with Crippen LogP contribution in [0.2, 0.25) is 5.02 Å². The number of halogens is 1. The third kappa shape index (κ3) is 6.73. The largest absolute Gasteiger partial charge is 0.325 e. The molecule has 5 rings (SSSR count). The van der Waals surface area contributed by atoms with Crippen molar-refractivity contribution in [3.8, 4) is 17.1 Å². The topological polar surface area (TPSA) is 132 Å². The second-order valence-electron chi connectivity index (χ2n) is 8.87. The molecule has 0 atom stereocenters. The monoisotopic (exact) mass is 605 g/mol. The van der Waals surface area contributed by atoms with Crippen LogP contribution in [0.3, 0.4) is 0 Å². The molecule has 2 aromatic heterocycles. The van der Waals surface area contributed by atoms with Gasteiger partial charge in [0.15, 0.2) is 11.0 Å². The zero-order chi connectivity index (χ0) is 29.0. The van der Waals surface area contributed by atoms with Crippen LogP contribution < -0.4 is 10.0 Å². The second-order valence-corrected chi connectivity index (χ2v) is 11.9. The highest BCUT2D eigenvalue weighted by Gasteiger charge is 2.19. The first-order valence-corrected chi connectivity index (χ1v) is 15.2. The fourth-order valence-electron chi connectivity index (χ4n) is 4.00. The highest BCUT2D eigenvalue weighted by Crippen LogP contribution is 2.32. The Morgan fingerprint density at radius 1 is 0.927 bits per heavy atom. The molecule has 0 bridgehead atoms. The van der Waals surface area contributed by atoms with Crippen LogP contribution >= 0.6 is 23.4 Å². The van der Waals surface area contributed by atoms with Gasteiger partial charge in [0.25, 0.3) is 10.0 Å². The van der Waals surface area contributed by atoms with Crippen LogP contribution in [-0.2, 0) is 14.8 Å². The molecule has 0 spiro atoms. The quantitative estimate of drug-likeness (QED) is 0.210. The lowest BCUT2D eigenvalue weighted by Crippen LogP contribution is -2.16. The first kappa shape index (κ1) is 28.3. The van der Waals surface area contributed by atoms with Crippen LogP contribution in [0.4, 0.5) is 11.5 Å². The van der Waals surface area contributed by atoms with E-state index in [4.69, 9.17) is 11.6 Å². The molecule has 3 aromatic carbocycles. The van der Waals surface area contributed by atoms with E-state index < -0.39 is 10.0 Å². The average molecular weight is 606 g/mol. The highest BCUT2D eigenvalue weighted by atomic mass is 35.5. The van der Waals surface area contributed by atoms with Crippen LogP contribution in [-0.4, -0.2) is 44.8 Å². The molecule has 0 aliphatic rings. The number of anilines is 2. The summed E-state index contributed by atoms with van der Waals surface area (Å²) in [7, 11) is -3.88. The first-order valence-electron chi connectivity index (χ1n) is 12.3. The summed E-state index contributed by atoms with van der Waals surface area (Å²) in [4.78, 5) is 21.1. The average Bonchev–Trinajstić information content (AvgIpc) is 3.36. The number of benzene rings is 3. The van der Waals surface area contributed by atoms with E-state index in [1.54, 1.807) is 26.0 Å². The van der Waals surface area contributed by atoms with Crippen molar-refractivity contribution >= 4 is 50.8 Å². The summed E-state index contributed by atoms with van der Waals surface area (Å²) in [5.74, 6) is 0.952. The van der Waals surface area contributed by atoms with Crippen molar-refractivity contribution in [3.05, 3.63) is 101 Å². The molecule has 10 nitrogen and oxygen atoms in total. The normalized spacial score (nSPS) is 11.3. The van der Waals surface area contributed by atoms with Crippen LogP contribution in [0.15, 0.2) is 95.0 Å². The van der Waals surface area contributed by atoms with E-state index >= 15 is 0 Å². The molecule has 2 N–H and O–H groups in total. The Hall–Kier alpha value is -4.26. The highest BCUT2D eigenvalue weighted by molar-refractivity contribution is 7.99. The lowest BCUT2D eigenvalue weighted by molar-refractivity contribution is -0.113. The Balaban J connectivity index is 1.28. The van der Waals surface area contributed by atoms with Crippen LogP contribution in [0.5, 0.6) is 0 Å². The Morgan fingerprint density at radius 3 is 2.34 bits per heavy atom. The number of carbonyl (C=O) groups is 1. The molecule has 0 fully saturated rings. The zero-order valence-electron chi connectivity index (χ0n) is 21.9. The van der Waals surface area contributed by atoms with E-state index in [0.717, 1.165) is 11.3 Å². The van der Waals surface area contributed by atoms with Crippen molar-refractivity contribution in [1.82, 2.24) is 24.7 Å². The number of amides is 1. The van der Waals surface area contributed by atoms with Crippen LogP contribution in [0, 0.1) is 13.8 Å². The van der Waals surface area contributed by atoms with Gasteiger partial charge in [-0.2, -0.15) is 0 Å². The standard InChI is InChI=1S/C28H24ClN7O3S2/c1-18-16-25(31-19(2)30-18)35-41(38,39)22-14-12-20(13-15-22)32-26(37)17-40-28-34-33-27(23-10-6-7-11-24(23)29)36(28)21-8-4-3-5-9-21/h3-16H,17H2,1-2H3,(H,32,37)(H,30,31,35). The predicted octanol–water partition coefficient (Wildman–Crippen LogP) is 5.53. The summed E-state index contributed by atoms with van der Waals surface area (Å²) >= 11 is 7.66. The number of aromatic nitrogens is 5. The number of hydrogen-bond donors (Lipinski definition) is 2. The first-order chi connectivity index (χ1) is 19.7. The van der Waals surface area contributed by atoms with Gasteiger partial charge in [0.05, 0.1) is 15.7 Å². The number of nitrogens with one attached hydrogen (secondary N) is 2. The molecule has 0 radical (unpaired) electrons. The predicted molar refractivity (Wildman–Crippen MR) is 160 cm³/mol. The minimum absolute atomic E-state index is 0.0295. The van der Waals surface area contributed by atoms with Gasteiger partial charge in [-0.15, -0.1) is 10.2 Å². The third-order valence-electron chi connectivity index (χ3n) is 5.75. The molecular weight excluding hydrogens is 582 g/mol. The molecule has 0 saturated heterocycles. The van der Waals surface area contributed by atoms with E-state index in [9.17, 15) is 13.2 Å². The lowest BCUT2D eigenvalue weighted by Gasteiger charge is -2.11. The van der Waals surface area contributed by atoms with Gasteiger partial charge >= 0.3 is 0 Å². The molecule has 13 heteroatoms. The van der Waals surface area contributed by atoms with Crippen molar-refractivity contribution < 1.29 is 13.2 Å². The van der Waals surface area contributed by atoms with Gasteiger partial charge in [-0.25, -0.2) is 18.4 Å². The molecule has 0 aliphatic carbocycles. The zero-order valence-corrected chi connectivity index (χ0v) is 24.3. The van der Waals surface area contributed by atoms with E-state index in [2.05, 4.69) is 30.2 Å². The van der Waals surface area contributed by atoms with Gasteiger partial charge in [-0.1, -0.05) is 53.7 Å². The number of rotatable bonds is 9. The maximum atomic E-state index is 12.8. The summed E-state index contributed by atoms with van der Waals surface area (Å²) in [6.07, 6.45) is 0. The smallest absolute Gasteiger partial charge is 0.263 e. The van der Waals surface area contributed by atoms with Crippen LogP contribution in [0.25, 0.3) is 17.1 Å². The Labute approximate surface area is 246 Å². The maximum Gasteiger partial charge on any atom is 0.263 e. The van der Waals surface area contributed by atoms with E-state index in [-0.39, 0.29) is 22.4 Å². The number of thioether (sulfide) groups is 1. The molecule has 1 amide bonds. The molecule has 0 saturated carbocycles. The number of carbonyl (C=O) groups excluding carboxylic acids is 1. The summed E-state index contributed by atoms with van der Waals surface area (Å²) in [5, 5.41) is 12.5. The summed E-state index contributed by atoms with van der Waals surface area (Å²) in [6, 6.07) is 24.3. The van der Waals surface area contributed by atoms with E-state index in [1.165, 1.54) is 36.0 Å². The molecule has 2 heterocycles. The molecule has 0 unspecified atom stereocenters. The molecule has 0 aliphatic heterocycles. The summed E-state index contributed by atoms with van der Waals surface area (Å²) in [5.41, 5.74) is 2.64. The van der Waals surface area contributed by atoms with Crippen molar-refractivity contribution in [1.29, 1.82) is 0 Å². The molecule has 41 heavy (non-hydrogen) atoms. The van der Waals surface area contributed by atoms with Crippen molar-refractivity contribution in [2.75, 3.05) is 15.8 Å². The Bertz CT molecular complexity index is 1790. The number of aryl methyl sites for hydroxylation is 2. The van der Waals surface area contributed by atoms with E-state index in [0.29, 0.717) is 33.2 Å². The molecule has 5 aromatic rings. The van der Waals surface area contributed by atoms with Gasteiger partial charge in [-0.3, -0.25) is 14.1 Å². The van der Waals surface area contributed by atoms with Gasteiger partial charge in [0.1, 0.15) is 11.6 Å². The molecule has 208 valence electrons. The number of hydrogen-bond acceptors (Lipinski definition) is 8. The fraction of sp³-hybridized carbons (Fsp3) is 0.107. The summed E-state index contributed by atoms with van der Waals surface area (Å²) in [6.45, 7) is 3.44. The van der Waals surface area contributed by atoms with E-state index in [1.807, 2.05) is 53.1 Å². The molecular formula is C28H24ClN7O3S2. The van der Waals surface area contributed by atoms with Gasteiger partial charge in [0.2, 0.25) is 5.91 Å². The SMILES string of the molecule is Cc1cc(NS(=O)(=O)c2ccc(NC(=O)CSc3nnc(-c4ccccc4Cl)n3-c3ccccc3)cc2)nc(C)n1. The van der Waals surface area contributed by atoms with Gasteiger partial charge < -0.3 is 5.32 Å². The van der Waals surface area contributed by atoms with Crippen molar-refractivity contribution in [3.63, 3.8) is 0 Å². The summed E-state index contributed by atoms with van der Waals surface area (Å²) < 4.78 is 29.9. The lowest BCUT2D eigenvalue weighted by atomic mass is 10.2. The van der Waals surface area contributed by atoms with Gasteiger partial charge in [-0.05, 0) is 62.4 Å². The van der Waals surface area contributed by atoms with Gasteiger partial charge in [0, 0.05) is 28.7 Å². The maximum absolute atomic E-state index is 12.8. The Kier molecular flexibility index (Phi) is 8.34.